The highest BCUT2D eigenvalue weighted by Gasteiger charge is 2.30. The SMILES string of the molecule is CN=C(NCCC1CC1)N1CCN(C(C)C(=O)N2CCCC2)CC1. The summed E-state index contributed by atoms with van der Waals surface area (Å²) in [5.41, 5.74) is 0. The summed E-state index contributed by atoms with van der Waals surface area (Å²) in [5, 5.41) is 3.50. The van der Waals surface area contributed by atoms with E-state index in [9.17, 15) is 4.79 Å². The van der Waals surface area contributed by atoms with E-state index in [1.54, 1.807) is 0 Å². The van der Waals surface area contributed by atoms with E-state index in [1.807, 2.05) is 11.9 Å². The maximum absolute atomic E-state index is 12.6. The monoisotopic (exact) mass is 335 g/mol. The first-order valence-electron chi connectivity index (χ1n) is 9.67. The highest BCUT2D eigenvalue weighted by atomic mass is 16.2. The van der Waals surface area contributed by atoms with Gasteiger partial charge in [-0.2, -0.15) is 0 Å². The van der Waals surface area contributed by atoms with E-state index in [1.165, 1.54) is 19.3 Å². The first kappa shape index (κ1) is 17.5. The van der Waals surface area contributed by atoms with Crippen LogP contribution in [0.1, 0.15) is 39.0 Å². The van der Waals surface area contributed by atoms with Crippen molar-refractivity contribution in [2.24, 2.45) is 10.9 Å². The summed E-state index contributed by atoms with van der Waals surface area (Å²) >= 11 is 0. The van der Waals surface area contributed by atoms with Gasteiger partial charge in [0, 0.05) is 52.9 Å². The minimum atomic E-state index is 0.00934. The van der Waals surface area contributed by atoms with Gasteiger partial charge in [-0.1, -0.05) is 12.8 Å². The van der Waals surface area contributed by atoms with Crippen LogP contribution in [-0.2, 0) is 4.79 Å². The second kappa shape index (κ2) is 8.19. The van der Waals surface area contributed by atoms with Crippen LogP contribution in [0.2, 0.25) is 0 Å². The van der Waals surface area contributed by atoms with Crippen molar-refractivity contribution in [2.45, 2.75) is 45.1 Å². The standard InChI is InChI=1S/C18H33N5O/c1-15(17(24)22-9-3-4-10-22)21-11-13-23(14-12-21)18(19-2)20-8-7-16-5-6-16/h15-16H,3-14H2,1-2H3,(H,19,20). The van der Waals surface area contributed by atoms with Gasteiger partial charge in [-0.05, 0) is 32.1 Å². The molecule has 6 heteroatoms. The summed E-state index contributed by atoms with van der Waals surface area (Å²) in [7, 11) is 1.87. The number of amides is 1. The Labute approximate surface area is 146 Å². The summed E-state index contributed by atoms with van der Waals surface area (Å²) in [5.74, 6) is 2.28. The van der Waals surface area contributed by atoms with Gasteiger partial charge in [0.05, 0.1) is 6.04 Å². The van der Waals surface area contributed by atoms with Gasteiger partial charge in [0.25, 0.3) is 0 Å². The van der Waals surface area contributed by atoms with Crippen molar-refractivity contribution in [1.82, 2.24) is 20.0 Å². The van der Waals surface area contributed by atoms with Crippen molar-refractivity contribution >= 4 is 11.9 Å². The fourth-order valence-corrected chi connectivity index (χ4v) is 3.81. The third-order valence-electron chi connectivity index (χ3n) is 5.68. The van der Waals surface area contributed by atoms with Gasteiger partial charge in [-0.25, -0.2) is 0 Å². The van der Waals surface area contributed by atoms with Crippen LogP contribution in [0, 0.1) is 5.92 Å². The molecule has 0 spiro atoms. The molecule has 0 aromatic carbocycles. The number of nitrogens with one attached hydrogen (secondary N) is 1. The van der Waals surface area contributed by atoms with Crippen molar-refractivity contribution < 1.29 is 4.79 Å². The lowest BCUT2D eigenvalue weighted by Gasteiger charge is -2.39. The minimum Gasteiger partial charge on any atom is -0.356 e. The van der Waals surface area contributed by atoms with Gasteiger partial charge < -0.3 is 15.1 Å². The Hall–Kier alpha value is -1.30. The van der Waals surface area contributed by atoms with Gasteiger partial charge in [0.15, 0.2) is 5.96 Å². The lowest BCUT2D eigenvalue weighted by atomic mass is 10.2. The molecule has 3 aliphatic rings. The van der Waals surface area contributed by atoms with Crippen LogP contribution >= 0.6 is 0 Å². The molecule has 0 aromatic rings. The summed E-state index contributed by atoms with van der Waals surface area (Å²) in [6, 6.07) is 0.00934. The van der Waals surface area contributed by atoms with Crippen molar-refractivity contribution in [2.75, 3.05) is 52.9 Å². The van der Waals surface area contributed by atoms with E-state index < -0.39 is 0 Å². The second-order valence-corrected chi connectivity index (χ2v) is 7.44. The number of carbonyl (C=O) groups excluding carboxylic acids is 1. The molecule has 2 saturated heterocycles. The van der Waals surface area contributed by atoms with Crippen LogP contribution in [0.25, 0.3) is 0 Å². The third kappa shape index (κ3) is 4.41. The minimum absolute atomic E-state index is 0.00934. The molecule has 24 heavy (non-hydrogen) atoms. The molecule has 2 heterocycles. The summed E-state index contributed by atoms with van der Waals surface area (Å²) in [4.78, 5) is 23.7. The van der Waals surface area contributed by atoms with Gasteiger partial charge in [-0.3, -0.25) is 14.7 Å². The molecule has 1 N–H and O–H groups in total. The molecule has 1 amide bonds. The number of piperazine rings is 1. The lowest BCUT2D eigenvalue weighted by Crippen LogP contribution is -2.57. The largest absolute Gasteiger partial charge is 0.356 e. The fraction of sp³-hybridized carbons (Fsp3) is 0.889. The van der Waals surface area contributed by atoms with Gasteiger partial charge >= 0.3 is 0 Å². The molecule has 1 saturated carbocycles. The lowest BCUT2D eigenvalue weighted by molar-refractivity contribution is -0.135. The maximum Gasteiger partial charge on any atom is 0.239 e. The first-order valence-corrected chi connectivity index (χ1v) is 9.67. The maximum atomic E-state index is 12.6. The number of guanidine groups is 1. The molecule has 0 aromatic heterocycles. The summed E-state index contributed by atoms with van der Waals surface area (Å²) in [6.07, 6.45) is 6.40. The van der Waals surface area contributed by atoms with Crippen molar-refractivity contribution in [3.05, 3.63) is 0 Å². The zero-order valence-corrected chi connectivity index (χ0v) is 15.3. The average Bonchev–Trinajstić information content (AvgIpc) is 3.28. The predicted octanol–water partition coefficient (Wildman–Crippen LogP) is 0.990. The summed E-state index contributed by atoms with van der Waals surface area (Å²) in [6.45, 7) is 8.75. The number of rotatable bonds is 5. The molecule has 1 unspecified atom stereocenters. The smallest absolute Gasteiger partial charge is 0.239 e. The van der Waals surface area contributed by atoms with Crippen LogP contribution in [-0.4, -0.2) is 85.5 Å². The van der Waals surface area contributed by atoms with Crippen LogP contribution < -0.4 is 5.32 Å². The van der Waals surface area contributed by atoms with E-state index in [2.05, 4.69) is 27.0 Å². The molecule has 1 atom stereocenters. The topological polar surface area (TPSA) is 51.2 Å². The van der Waals surface area contributed by atoms with Crippen LogP contribution in [0.3, 0.4) is 0 Å². The molecule has 0 radical (unpaired) electrons. The average molecular weight is 335 g/mol. The number of aliphatic imine (C=N–C) groups is 1. The molecular weight excluding hydrogens is 302 g/mol. The number of hydrogen-bond donors (Lipinski definition) is 1. The highest BCUT2D eigenvalue weighted by molar-refractivity contribution is 5.82. The number of nitrogens with zero attached hydrogens (tertiary/aromatic N) is 4. The third-order valence-corrected chi connectivity index (χ3v) is 5.68. The van der Waals surface area contributed by atoms with Crippen molar-refractivity contribution in [3.63, 3.8) is 0 Å². The quantitative estimate of drug-likeness (QED) is 0.601. The normalized spacial score (nSPS) is 24.3. The van der Waals surface area contributed by atoms with Gasteiger partial charge in [0.1, 0.15) is 0 Å². The Morgan fingerprint density at radius 2 is 1.75 bits per heavy atom. The molecule has 6 nitrogen and oxygen atoms in total. The van der Waals surface area contributed by atoms with E-state index in [4.69, 9.17) is 0 Å². The Morgan fingerprint density at radius 3 is 2.33 bits per heavy atom. The van der Waals surface area contributed by atoms with E-state index in [-0.39, 0.29) is 6.04 Å². The first-order chi connectivity index (χ1) is 11.7. The van der Waals surface area contributed by atoms with Crippen LogP contribution in [0.15, 0.2) is 4.99 Å². The second-order valence-electron chi connectivity index (χ2n) is 7.44. The zero-order chi connectivity index (χ0) is 16.9. The molecule has 2 aliphatic heterocycles. The predicted molar refractivity (Wildman–Crippen MR) is 97.1 cm³/mol. The van der Waals surface area contributed by atoms with Gasteiger partial charge in [0.2, 0.25) is 5.91 Å². The Kier molecular flexibility index (Phi) is 5.98. The Balaban J connectivity index is 1.42. The van der Waals surface area contributed by atoms with Crippen LogP contribution in [0.4, 0.5) is 0 Å². The Bertz CT molecular complexity index is 448. The number of hydrogen-bond acceptors (Lipinski definition) is 3. The summed E-state index contributed by atoms with van der Waals surface area (Å²) < 4.78 is 0. The molecule has 3 rings (SSSR count). The molecule has 0 bridgehead atoms. The fourth-order valence-electron chi connectivity index (χ4n) is 3.81. The number of likely N-dealkylation sites (tertiary alicyclic amines) is 1. The Morgan fingerprint density at radius 1 is 1.08 bits per heavy atom. The number of carbonyl (C=O) groups is 1. The zero-order valence-electron chi connectivity index (χ0n) is 15.3. The van der Waals surface area contributed by atoms with Crippen molar-refractivity contribution in [3.8, 4) is 0 Å². The molecular formula is C18H33N5O. The molecule has 136 valence electrons. The molecule has 3 fully saturated rings. The van der Waals surface area contributed by atoms with Crippen molar-refractivity contribution in [1.29, 1.82) is 0 Å². The van der Waals surface area contributed by atoms with Gasteiger partial charge in [-0.15, -0.1) is 0 Å². The van der Waals surface area contributed by atoms with E-state index in [0.717, 1.165) is 70.5 Å². The highest BCUT2D eigenvalue weighted by Crippen LogP contribution is 2.31. The molecule has 1 aliphatic carbocycles. The van der Waals surface area contributed by atoms with E-state index >= 15 is 0 Å². The van der Waals surface area contributed by atoms with Crippen LogP contribution in [0.5, 0.6) is 0 Å². The van der Waals surface area contributed by atoms with E-state index in [0.29, 0.717) is 5.91 Å².